The highest BCUT2D eigenvalue weighted by molar-refractivity contribution is 5.96. The van der Waals surface area contributed by atoms with Gasteiger partial charge in [-0.05, 0) is 12.1 Å². The molecule has 0 fully saturated rings. The zero-order valence-corrected chi connectivity index (χ0v) is 13.6. The number of carbonyl (C=O) groups is 2. The maximum absolute atomic E-state index is 12.3. The van der Waals surface area contributed by atoms with Gasteiger partial charge in [-0.1, -0.05) is 48.5 Å². The minimum atomic E-state index is -0.519. The maximum atomic E-state index is 12.3. The van der Waals surface area contributed by atoms with Crippen molar-refractivity contribution in [3.05, 3.63) is 66.2 Å². The van der Waals surface area contributed by atoms with Crippen LogP contribution in [0.5, 0.6) is 5.75 Å². The molecule has 126 valence electrons. The largest absolute Gasteiger partial charge is 0.488 e. The SMILES string of the molecule is CNC(=O)NC(=O)[C@@H]([NH2+]CCOc1ccccc1)c1ccccc1. The molecule has 2 rings (SSSR count). The van der Waals surface area contributed by atoms with Gasteiger partial charge in [0.15, 0.2) is 6.04 Å². The van der Waals surface area contributed by atoms with Gasteiger partial charge < -0.3 is 15.4 Å². The first kappa shape index (κ1) is 17.5. The van der Waals surface area contributed by atoms with Gasteiger partial charge in [0, 0.05) is 12.6 Å². The van der Waals surface area contributed by atoms with E-state index in [0.717, 1.165) is 11.3 Å². The molecule has 3 amide bonds. The second-order valence-corrected chi connectivity index (χ2v) is 5.14. The summed E-state index contributed by atoms with van der Waals surface area (Å²) in [5.41, 5.74) is 0.832. The lowest BCUT2D eigenvalue weighted by Crippen LogP contribution is -2.88. The zero-order chi connectivity index (χ0) is 17.2. The summed E-state index contributed by atoms with van der Waals surface area (Å²) in [6.45, 7) is 1.04. The Morgan fingerprint density at radius 3 is 2.29 bits per heavy atom. The molecule has 0 aromatic heterocycles. The van der Waals surface area contributed by atoms with Gasteiger partial charge in [-0.3, -0.25) is 10.1 Å². The van der Waals surface area contributed by atoms with Gasteiger partial charge in [0.1, 0.15) is 18.9 Å². The first-order valence-electron chi connectivity index (χ1n) is 7.79. The quantitative estimate of drug-likeness (QED) is 0.658. The van der Waals surface area contributed by atoms with Crippen LogP contribution in [-0.4, -0.2) is 32.1 Å². The van der Waals surface area contributed by atoms with Crippen LogP contribution >= 0.6 is 0 Å². The van der Waals surface area contributed by atoms with E-state index in [4.69, 9.17) is 4.74 Å². The molecule has 0 aliphatic heterocycles. The summed E-state index contributed by atoms with van der Waals surface area (Å²) in [6.07, 6.45) is 0. The lowest BCUT2D eigenvalue weighted by atomic mass is 10.1. The fourth-order valence-electron chi connectivity index (χ4n) is 2.24. The van der Waals surface area contributed by atoms with E-state index in [1.807, 2.05) is 66.0 Å². The summed E-state index contributed by atoms with van der Waals surface area (Å²) in [4.78, 5) is 23.7. The third-order valence-electron chi connectivity index (χ3n) is 3.44. The van der Waals surface area contributed by atoms with E-state index in [1.165, 1.54) is 7.05 Å². The van der Waals surface area contributed by atoms with Crippen LogP contribution in [-0.2, 0) is 4.79 Å². The third kappa shape index (κ3) is 5.40. The average molecular weight is 328 g/mol. The molecule has 0 saturated carbocycles. The van der Waals surface area contributed by atoms with Crippen molar-refractivity contribution < 1.29 is 19.6 Å². The predicted molar refractivity (Wildman–Crippen MR) is 90.5 cm³/mol. The van der Waals surface area contributed by atoms with Crippen LogP contribution in [0.3, 0.4) is 0 Å². The number of carbonyl (C=O) groups excluding carboxylic acids is 2. The number of nitrogens with two attached hydrogens (primary N) is 1. The summed E-state index contributed by atoms with van der Waals surface area (Å²) in [5, 5.41) is 6.56. The molecule has 6 nitrogen and oxygen atoms in total. The second kappa shape index (κ2) is 9.32. The molecule has 2 aromatic rings. The number of imide groups is 1. The van der Waals surface area contributed by atoms with Crippen molar-refractivity contribution in [2.45, 2.75) is 6.04 Å². The minimum absolute atomic E-state index is 0.361. The van der Waals surface area contributed by atoms with Crippen LogP contribution in [0.4, 0.5) is 4.79 Å². The summed E-state index contributed by atoms with van der Waals surface area (Å²) < 4.78 is 5.63. The summed E-state index contributed by atoms with van der Waals surface area (Å²) in [7, 11) is 1.47. The Balaban J connectivity index is 1.93. The molecule has 0 unspecified atom stereocenters. The smallest absolute Gasteiger partial charge is 0.321 e. The molecule has 0 aliphatic rings. The standard InChI is InChI=1S/C18H21N3O3/c1-19-18(23)21-17(22)16(14-8-4-2-5-9-14)20-12-13-24-15-10-6-3-7-11-15/h2-11,16,20H,12-13H2,1H3,(H2,19,21,22,23)/p+1/t16-/m0/s1. The number of benzene rings is 2. The van der Waals surface area contributed by atoms with Gasteiger partial charge in [-0.15, -0.1) is 0 Å². The normalized spacial score (nSPS) is 11.4. The van der Waals surface area contributed by atoms with E-state index in [9.17, 15) is 9.59 Å². The fraction of sp³-hybridized carbons (Fsp3) is 0.222. The molecule has 0 aliphatic carbocycles. The number of quaternary nitrogens is 1. The highest BCUT2D eigenvalue weighted by Gasteiger charge is 2.25. The van der Waals surface area contributed by atoms with E-state index in [-0.39, 0.29) is 5.91 Å². The van der Waals surface area contributed by atoms with Crippen LogP contribution in [0.1, 0.15) is 11.6 Å². The lowest BCUT2D eigenvalue weighted by molar-refractivity contribution is -0.683. The Hall–Kier alpha value is -2.86. The molecule has 2 aromatic carbocycles. The van der Waals surface area contributed by atoms with Crippen molar-refractivity contribution in [2.24, 2.45) is 0 Å². The summed E-state index contributed by atoms with van der Waals surface area (Å²) in [6, 6.07) is 17.8. The molecule has 1 atom stereocenters. The molecule has 0 radical (unpaired) electrons. The molecule has 0 spiro atoms. The van der Waals surface area contributed by atoms with Gasteiger partial charge in [0.2, 0.25) is 0 Å². The number of ether oxygens (including phenoxy) is 1. The van der Waals surface area contributed by atoms with Crippen molar-refractivity contribution in [1.29, 1.82) is 0 Å². The topological polar surface area (TPSA) is 84.0 Å². The minimum Gasteiger partial charge on any atom is -0.488 e. The highest BCUT2D eigenvalue weighted by Crippen LogP contribution is 2.09. The van der Waals surface area contributed by atoms with Crippen LogP contribution in [0.25, 0.3) is 0 Å². The summed E-state index contributed by atoms with van der Waals surface area (Å²) in [5.74, 6) is 0.428. The van der Waals surface area contributed by atoms with Crippen LogP contribution in [0.15, 0.2) is 60.7 Å². The number of urea groups is 1. The Morgan fingerprint density at radius 2 is 1.67 bits per heavy atom. The van der Waals surface area contributed by atoms with E-state index in [2.05, 4.69) is 10.6 Å². The van der Waals surface area contributed by atoms with Gasteiger partial charge in [-0.25, -0.2) is 4.79 Å². The Labute approximate surface area is 141 Å². The lowest BCUT2D eigenvalue weighted by Gasteiger charge is -2.15. The first-order valence-corrected chi connectivity index (χ1v) is 7.79. The van der Waals surface area contributed by atoms with Crippen molar-refractivity contribution in [1.82, 2.24) is 10.6 Å². The second-order valence-electron chi connectivity index (χ2n) is 5.14. The van der Waals surface area contributed by atoms with Crippen LogP contribution in [0.2, 0.25) is 0 Å². The van der Waals surface area contributed by atoms with Crippen molar-refractivity contribution in [2.75, 3.05) is 20.2 Å². The number of rotatable bonds is 7. The Morgan fingerprint density at radius 1 is 1.04 bits per heavy atom. The van der Waals surface area contributed by atoms with Gasteiger partial charge in [-0.2, -0.15) is 0 Å². The fourth-order valence-corrected chi connectivity index (χ4v) is 2.24. The van der Waals surface area contributed by atoms with E-state index in [1.54, 1.807) is 0 Å². The first-order chi connectivity index (χ1) is 11.7. The molecule has 0 bridgehead atoms. The Bertz CT molecular complexity index is 647. The van der Waals surface area contributed by atoms with E-state index < -0.39 is 12.1 Å². The van der Waals surface area contributed by atoms with E-state index >= 15 is 0 Å². The third-order valence-corrected chi connectivity index (χ3v) is 3.44. The monoisotopic (exact) mass is 328 g/mol. The van der Waals surface area contributed by atoms with Crippen LogP contribution < -0.4 is 20.7 Å². The average Bonchev–Trinajstić information content (AvgIpc) is 2.63. The molecular weight excluding hydrogens is 306 g/mol. The predicted octanol–water partition coefficient (Wildman–Crippen LogP) is 0.826. The molecule has 0 heterocycles. The molecule has 6 heteroatoms. The summed E-state index contributed by atoms with van der Waals surface area (Å²) >= 11 is 0. The Kier molecular flexibility index (Phi) is 6.79. The maximum Gasteiger partial charge on any atom is 0.321 e. The van der Waals surface area contributed by atoms with Gasteiger partial charge >= 0.3 is 6.03 Å². The molecular formula is C18H22N3O3+. The van der Waals surface area contributed by atoms with Gasteiger partial charge in [0.25, 0.3) is 5.91 Å². The van der Waals surface area contributed by atoms with Crippen molar-refractivity contribution in [3.63, 3.8) is 0 Å². The van der Waals surface area contributed by atoms with E-state index in [0.29, 0.717) is 13.2 Å². The van der Waals surface area contributed by atoms with Gasteiger partial charge in [0.05, 0.1) is 0 Å². The number of hydrogen-bond donors (Lipinski definition) is 3. The number of para-hydroxylation sites is 1. The zero-order valence-electron chi connectivity index (χ0n) is 13.6. The van der Waals surface area contributed by atoms with Crippen molar-refractivity contribution >= 4 is 11.9 Å². The van der Waals surface area contributed by atoms with Crippen molar-refractivity contribution in [3.8, 4) is 5.75 Å². The number of hydrogen-bond acceptors (Lipinski definition) is 3. The molecule has 4 N–H and O–H groups in total. The molecule has 24 heavy (non-hydrogen) atoms. The highest BCUT2D eigenvalue weighted by atomic mass is 16.5. The molecule has 0 saturated heterocycles. The van der Waals surface area contributed by atoms with Crippen LogP contribution in [0, 0.1) is 0 Å². The number of nitrogens with one attached hydrogen (secondary N) is 2. The number of amides is 3.